The van der Waals surface area contributed by atoms with E-state index < -0.39 is 18.5 Å². The van der Waals surface area contributed by atoms with Gasteiger partial charge >= 0.3 is 11.9 Å². The van der Waals surface area contributed by atoms with Gasteiger partial charge in [0, 0.05) is 17.0 Å². The number of hydrogen-bond acceptors (Lipinski definition) is 2. The smallest absolute Gasteiger partial charge is 0.306 e. The van der Waals surface area contributed by atoms with Crippen molar-refractivity contribution in [2.45, 2.75) is 12.8 Å². The van der Waals surface area contributed by atoms with Crippen molar-refractivity contribution in [3.63, 3.8) is 0 Å². The zero-order valence-electron chi connectivity index (χ0n) is 7.97. The van der Waals surface area contributed by atoms with Crippen LogP contribution in [0, 0.1) is 0 Å². The van der Waals surface area contributed by atoms with Crippen molar-refractivity contribution in [3.05, 3.63) is 34.3 Å². The predicted octanol–water partition coefficient (Wildman–Crippen LogP) is 3.10. The summed E-state index contributed by atoms with van der Waals surface area (Å²) in [5, 5.41) is 0. The van der Waals surface area contributed by atoms with Gasteiger partial charge in [-0.3, -0.25) is 4.79 Å². The van der Waals surface area contributed by atoms with E-state index in [9.17, 15) is 13.6 Å². The topological polar surface area (TPSA) is 26.3 Å². The lowest BCUT2D eigenvalue weighted by atomic mass is 10.1. The molecule has 0 amide bonds. The molecule has 0 radical (unpaired) electrons. The number of halogens is 3. The van der Waals surface area contributed by atoms with Gasteiger partial charge in [0.05, 0.1) is 0 Å². The summed E-state index contributed by atoms with van der Waals surface area (Å²) in [4.78, 5) is 10.4. The minimum Gasteiger partial charge on any atom is -0.459 e. The molecule has 0 atom stereocenters. The van der Waals surface area contributed by atoms with E-state index >= 15 is 0 Å². The van der Waals surface area contributed by atoms with Gasteiger partial charge in [-0.2, -0.15) is 8.78 Å². The molecule has 82 valence electrons. The molecule has 0 aliphatic carbocycles. The molecule has 0 aromatic heterocycles. The maximum atomic E-state index is 13.4. The molecule has 1 aromatic rings. The second kappa shape index (κ2) is 4.70. The normalized spacial score (nSPS) is 11.2. The number of carbonyl (C=O) groups excluding carboxylic acids is 1. The first kappa shape index (κ1) is 12.1. The quantitative estimate of drug-likeness (QED) is 0.795. The van der Waals surface area contributed by atoms with E-state index in [2.05, 4.69) is 20.7 Å². The molecular formula is C10H9BrF2O2. The Morgan fingerprint density at radius 2 is 1.93 bits per heavy atom. The summed E-state index contributed by atoms with van der Waals surface area (Å²) in [6.45, 7) is 0.168. The maximum Gasteiger partial charge on any atom is 0.306 e. The highest BCUT2D eigenvalue weighted by molar-refractivity contribution is 9.10. The van der Waals surface area contributed by atoms with Crippen molar-refractivity contribution >= 4 is 21.9 Å². The highest BCUT2D eigenvalue weighted by Crippen LogP contribution is 2.29. The van der Waals surface area contributed by atoms with Crippen LogP contribution in [0.15, 0.2) is 28.7 Å². The molecule has 0 fully saturated rings. The fraction of sp³-hybridized carbons (Fsp3) is 0.300. The van der Waals surface area contributed by atoms with Crippen LogP contribution in [0.5, 0.6) is 0 Å². The molecule has 0 saturated heterocycles. The molecule has 0 saturated carbocycles. The summed E-state index contributed by atoms with van der Waals surface area (Å²) in [7, 11) is 0. The first-order valence-corrected chi connectivity index (χ1v) is 4.98. The fourth-order valence-electron chi connectivity index (χ4n) is 0.969. The third-order valence-electron chi connectivity index (χ3n) is 1.72. The van der Waals surface area contributed by atoms with Gasteiger partial charge in [0.1, 0.15) is 0 Å². The van der Waals surface area contributed by atoms with Crippen LogP contribution in [0.3, 0.4) is 0 Å². The van der Waals surface area contributed by atoms with Crippen LogP contribution in [0.2, 0.25) is 0 Å². The average molecular weight is 279 g/mol. The van der Waals surface area contributed by atoms with Gasteiger partial charge in [-0.1, -0.05) is 28.1 Å². The lowest BCUT2D eigenvalue weighted by Crippen LogP contribution is -2.22. The highest BCUT2D eigenvalue weighted by atomic mass is 79.9. The molecule has 5 heteroatoms. The van der Waals surface area contributed by atoms with Crippen LogP contribution in [-0.2, 0) is 15.5 Å². The number of alkyl halides is 2. The van der Waals surface area contributed by atoms with Crippen molar-refractivity contribution in [1.29, 1.82) is 0 Å². The molecule has 0 N–H and O–H groups in total. The summed E-state index contributed by atoms with van der Waals surface area (Å²) >= 11 is 3.14. The lowest BCUT2D eigenvalue weighted by Gasteiger charge is -2.16. The number of ether oxygens (including phenoxy) is 1. The molecule has 2 nitrogen and oxygen atoms in total. The average Bonchev–Trinajstić information content (AvgIpc) is 2.16. The minimum atomic E-state index is -3.15. The van der Waals surface area contributed by atoms with Crippen molar-refractivity contribution in [2.75, 3.05) is 6.61 Å². The first-order chi connectivity index (χ1) is 6.92. The van der Waals surface area contributed by atoms with E-state index in [4.69, 9.17) is 0 Å². The SMILES string of the molecule is CC(=O)OCC(F)(F)c1ccc(Br)cc1. The third kappa shape index (κ3) is 3.58. The Kier molecular flexibility index (Phi) is 3.79. The standard InChI is InChI=1S/C10H9BrF2O2/c1-7(14)15-6-10(12,13)8-2-4-9(11)5-3-8/h2-5H,6H2,1H3. The molecule has 0 spiro atoms. The van der Waals surface area contributed by atoms with Gasteiger partial charge in [0.2, 0.25) is 0 Å². The van der Waals surface area contributed by atoms with E-state index in [1.54, 1.807) is 0 Å². The molecule has 15 heavy (non-hydrogen) atoms. The molecule has 1 rings (SSSR count). The van der Waals surface area contributed by atoms with Crippen molar-refractivity contribution in [2.24, 2.45) is 0 Å². The Labute approximate surface area is 94.4 Å². The second-order valence-corrected chi connectivity index (χ2v) is 3.91. The number of esters is 1. The molecular weight excluding hydrogens is 270 g/mol. The fourth-order valence-corrected chi connectivity index (χ4v) is 1.23. The van der Waals surface area contributed by atoms with Crippen LogP contribution in [0.4, 0.5) is 8.78 Å². The Hall–Kier alpha value is -0.970. The molecule has 0 unspecified atom stereocenters. The molecule has 0 aliphatic rings. The molecule has 0 aliphatic heterocycles. The van der Waals surface area contributed by atoms with Crippen molar-refractivity contribution < 1.29 is 18.3 Å². The van der Waals surface area contributed by atoms with Crippen LogP contribution in [0.25, 0.3) is 0 Å². The lowest BCUT2D eigenvalue weighted by molar-refractivity contribution is -0.153. The first-order valence-electron chi connectivity index (χ1n) is 4.19. The number of hydrogen-bond donors (Lipinski definition) is 0. The monoisotopic (exact) mass is 278 g/mol. The minimum absolute atomic E-state index is 0.174. The summed E-state index contributed by atoms with van der Waals surface area (Å²) in [6, 6.07) is 5.59. The Bertz CT molecular complexity index is 349. The van der Waals surface area contributed by atoms with E-state index in [0.29, 0.717) is 0 Å². The third-order valence-corrected chi connectivity index (χ3v) is 2.25. The summed E-state index contributed by atoms with van der Waals surface area (Å²) in [5.41, 5.74) is -0.174. The summed E-state index contributed by atoms with van der Waals surface area (Å²) in [6.07, 6.45) is 0. The van der Waals surface area contributed by atoms with Crippen molar-refractivity contribution in [3.8, 4) is 0 Å². The molecule has 0 heterocycles. The number of carbonyl (C=O) groups is 1. The summed E-state index contributed by atoms with van der Waals surface area (Å²) < 4.78 is 31.7. The zero-order valence-corrected chi connectivity index (χ0v) is 9.55. The van der Waals surface area contributed by atoms with Crippen LogP contribution in [-0.4, -0.2) is 12.6 Å². The van der Waals surface area contributed by atoms with Gasteiger partial charge < -0.3 is 4.74 Å². The van der Waals surface area contributed by atoms with Gasteiger partial charge in [-0.05, 0) is 12.1 Å². The van der Waals surface area contributed by atoms with Gasteiger partial charge in [-0.25, -0.2) is 0 Å². The summed E-state index contributed by atoms with van der Waals surface area (Å²) in [5.74, 6) is -3.86. The number of benzene rings is 1. The largest absolute Gasteiger partial charge is 0.459 e. The predicted molar refractivity (Wildman–Crippen MR) is 54.7 cm³/mol. The Balaban J connectivity index is 2.76. The highest BCUT2D eigenvalue weighted by Gasteiger charge is 2.32. The van der Waals surface area contributed by atoms with Gasteiger partial charge in [0.15, 0.2) is 6.61 Å². The van der Waals surface area contributed by atoms with Crippen LogP contribution < -0.4 is 0 Å². The Morgan fingerprint density at radius 3 is 2.40 bits per heavy atom. The van der Waals surface area contributed by atoms with E-state index in [-0.39, 0.29) is 5.56 Å². The molecule has 0 bridgehead atoms. The van der Waals surface area contributed by atoms with Crippen LogP contribution >= 0.6 is 15.9 Å². The maximum absolute atomic E-state index is 13.4. The van der Waals surface area contributed by atoms with E-state index in [1.807, 2.05) is 0 Å². The van der Waals surface area contributed by atoms with Gasteiger partial charge in [-0.15, -0.1) is 0 Å². The number of rotatable bonds is 3. The second-order valence-electron chi connectivity index (χ2n) is 2.99. The van der Waals surface area contributed by atoms with E-state index in [0.717, 1.165) is 11.4 Å². The zero-order chi connectivity index (χ0) is 11.5. The van der Waals surface area contributed by atoms with Crippen LogP contribution in [0.1, 0.15) is 12.5 Å². The molecule has 1 aromatic carbocycles. The van der Waals surface area contributed by atoms with E-state index in [1.165, 1.54) is 24.3 Å². The van der Waals surface area contributed by atoms with Crippen molar-refractivity contribution in [1.82, 2.24) is 0 Å². The van der Waals surface area contributed by atoms with Gasteiger partial charge in [0.25, 0.3) is 0 Å². The Morgan fingerprint density at radius 1 is 1.40 bits per heavy atom.